The normalized spacial score (nSPS) is 10.6. The fraction of sp³-hybridized carbons (Fsp3) is 0.238. The second-order valence-electron chi connectivity index (χ2n) is 6.10. The number of methoxy groups -OCH3 is 1. The molecule has 3 rings (SSSR count). The third kappa shape index (κ3) is 4.71. The zero-order chi connectivity index (χ0) is 19.2. The maximum Gasteiger partial charge on any atom is 0.234 e. The van der Waals surface area contributed by atoms with E-state index in [1.165, 1.54) is 17.3 Å². The summed E-state index contributed by atoms with van der Waals surface area (Å²) in [6, 6.07) is 15.7. The lowest BCUT2D eigenvalue weighted by Gasteiger charge is -2.10. The average Bonchev–Trinajstić information content (AvgIpc) is 3.11. The van der Waals surface area contributed by atoms with E-state index in [0.717, 1.165) is 34.4 Å². The van der Waals surface area contributed by atoms with Crippen molar-refractivity contribution in [3.05, 3.63) is 60.3 Å². The first-order valence-electron chi connectivity index (χ1n) is 8.80. The zero-order valence-electron chi connectivity index (χ0n) is 15.7. The van der Waals surface area contributed by atoms with E-state index in [1.807, 2.05) is 61.7 Å². The first kappa shape index (κ1) is 19.0. The minimum absolute atomic E-state index is 0.0412. The second-order valence-corrected chi connectivity index (χ2v) is 7.04. The van der Waals surface area contributed by atoms with E-state index in [2.05, 4.69) is 21.8 Å². The van der Waals surface area contributed by atoms with Crippen molar-refractivity contribution < 1.29 is 9.53 Å². The van der Waals surface area contributed by atoms with Crippen LogP contribution in [0.15, 0.2) is 59.9 Å². The molecule has 0 bridgehead atoms. The highest BCUT2D eigenvalue weighted by atomic mass is 32.2. The Hall–Kier alpha value is -2.73. The van der Waals surface area contributed by atoms with Gasteiger partial charge in [-0.3, -0.25) is 4.79 Å². The number of rotatable bonds is 7. The first-order chi connectivity index (χ1) is 13.1. The summed E-state index contributed by atoms with van der Waals surface area (Å²) in [6.07, 6.45) is 1.85. The average molecular weight is 382 g/mol. The molecule has 3 aromatic rings. The van der Waals surface area contributed by atoms with E-state index in [9.17, 15) is 4.79 Å². The molecule has 0 aliphatic heterocycles. The molecule has 140 valence electrons. The van der Waals surface area contributed by atoms with Crippen LogP contribution >= 0.6 is 11.8 Å². The van der Waals surface area contributed by atoms with E-state index in [0.29, 0.717) is 5.75 Å². The molecule has 0 spiro atoms. The van der Waals surface area contributed by atoms with E-state index in [1.54, 1.807) is 7.11 Å². The van der Waals surface area contributed by atoms with Crippen molar-refractivity contribution in [1.82, 2.24) is 9.55 Å². The van der Waals surface area contributed by atoms with Crippen LogP contribution in [0.4, 0.5) is 5.69 Å². The topological polar surface area (TPSA) is 56.2 Å². The molecule has 1 N–H and O–H groups in total. The van der Waals surface area contributed by atoms with Gasteiger partial charge in [-0.15, -0.1) is 0 Å². The fourth-order valence-corrected chi connectivity index (χ4v) is 3.58. The Labute approximate surface area is 163 Å². The molecule has 2 aromatic carbocycles. The SMILES string of the molecule is CCn1c(-c2ccc(OC)cc2)cnc1SCC(=O)Nc1ccc(C)cc1. The number of benzene rings is 2. The highest BCUT2D eigenvalue weighted by Crippen LogP contribution is 2.27. The van der Waals surface area contributed by atoms with Crippen LogP contribution in [0.5, 0.6) is 5.75 Å². The molecule has 0 radical (unpaired) electrons. The summed E-state index contributed by atoms with van der Waals surface area (Å²) in [5.41, 5.74) is 4.07. The summed E-state index contributed by atoms with van der Waals surface area (Å²) in [5, 5.41) is 3.75. The number of hydrogen-bond donors (Lipinski definition) is 1. The monoisotopic (exact) mass is 381 g/mol. The number of nitrogens with one attached hydrogen (secondary N) is 1. The summed E-state index contributed by atoms with van der Waals surface area (Å²) in [7, 11) is 1.65. The standard InChI is InChI=1S/C21H23N3O2S/c1-4-24-19(16-7-11-18(26-3)12-8-16)13-22-21(24)27-14-20(25)23-17-9-5-15(2)6-10-17/h5-13H,4,14H2,1-3H3,(H,23,25). The van der Waals surface area contributed by atoms with Crippen molar-refractivity contribution in [1.29, 1.82) is 0 Å². The second kappa shape index (κ2) is 8.77. The fourth-order valence-electron chi connectivity index (χ4n) is 2.74. The molecule has 0 aliphatic rings. The van der Waals surface area contributed by atoms with Gasteiger partial charge in [-0.1, -0.05) is 29.5 Å². The number of aryl methyl sites for hydroxylation is 1. The molecule has 5 nitrogen and oxygen atoms in total. The Kier molecular flexibility index (Phi) is 6.19. The van der Waals surface area contributed by atoms with E-state index in [-0.39, 0.29) is 5.91 Å². The van der Waals surface area contributed by atoms with Crippen LogP contribution in [0, 0.1) is 6.92 Å². The number of thioether (sulfide) groups is 1. The van der Waals surface area contributed by atoms with Gasteiger partial charge in [0.25, 0.3) is 0 Å². The Balaban J connectivity index is 1.67. The van der Waals surface area contributed by atoms with Gasteiger partial charge in [-0.2, -0.15) is 0 Å². The number of nitrogens with zero attached hydrogens (tertiary/aromatic N) is 2. The predicted octanol–water partition coefficient (Wildman–Crippen LogP) is 4.62. The van der Waals surface area contributed by atoms with Crippen molar-refractivity contribution in [3.63, 3.8) is 0 Å². The lowest BCUT2D eigenvalue weighted by atomic mass is 10.1. The molecule has 0 saturated heterocycles. The Morgan fingerprint density at radius 2 is 1.85 bits per heavy atom. The molecule has 0 atom stereocenters. The maximum atomic E-state index is 12.2. The highest BCUT2D eigenvalue weighted by molar-refractivity contribution is 7.99. The highest BCUT2D eigenvalue weighted by Gasteiger charge is 2.13. The number of ether oxygens (including phenoxy) is 1. The summed E-state index contributed by atoms with van der Waals surface area (Å²) in [6.45, 7) is 4.88. The van der Waals surface area contributed by atoms with Crippen LogP contribution in [0.1, 0.15) is 12.5 Å². The van der Waals surface area contributed by atoms with Gasteiger partial charge in [0.2, 0.25) is 5.91 Å². The van der Waals surface area contributed by atoms with Crippen molar-refractivity contribution >= 4 is 23.4 Å². The number of carbonyl (C=O) groups excluding carboxylic acids is 1. The molecule has 27 heavy (non-hydrogen) atoms. The third-order valence-electron chi connectivity index (χ3n) is 4.19. The van der Waals surface area contributed by atoms with Crippen LogP contribution in [-0.4, -0.2) is 28.3 Å². The molecule has 1 aromatic heterocycles. The molecule has 0 aliphatic carbocycles. The summed E-state index contributed by atoms with van der Waals surface area (Å²) >= 11 is 1.44. The van der Waals surface area contributed by atoms with Crippen molar-refractivity contribution in [3.8, 4) is 17.0 Å². The van der Waals surface area contributed by atoms with Gasteiger partial charge in [-0.25, -0.2) is 4.98 Å². The quantitative estimate of drug-likeness (QED) is 0.607. The Morgan fingerprint density at radius 3 is 2.48 bits per heavy atom. The molecule has 6 heteroatoms. The van der Waals surface area contributed by atoms with Gasteiger partial charge < -0.3 is 14.6 Å². The van der Waals surface area contributed by atoms with Crippen LogP contribution in [0.2, 0.25) is 0 Å². The third-order valence-corrected chi connectivity index (χ3v) is 5.18. The number of hydrogen-bond acceptors (Lipinski definition) is 4. The van der Waals surface area contributed by atoms with Crippen LogP contribution in [0.3, 0.4) is 0 Å². The van der Waals surface area contributed by atoms with E-state index < -0.39 is 0 Å². The van der Waals surface area contributed by atoms with Crippen LogP contribution in [0.25, 0.3) is 11.3 Å². The summed E-state index contributed by atoms with van der Waals surface area (Å²) in [5.74, 6) is 1.09. The Morgan fingerprint density at radius 1 is 1.15 bits per heavy atom. The minimum atomic E-state index is -0.0412. The van der Waals surface area contributed by atoms with Crippen LogP contribution in [-0.2, 0) is 11.3 Å². The predicted molar refractivity (Wildman–Crippen MR) is 110 cm³/mol. The molecule has 0 saturated carbocycles. The molecule has 1 amide bonds. The zero-order valence-corrected chi connectivity index (χ0v) is 16.5. The van der Waals surface area contributed by atoms with Gasteiger partial charge in [0.05, 0.1) is 24.8 Å². The maximum absolute atomic E-state index is 12.2. The number of carbonyl (C=O) groups is 1. The molecular formula is C21H23N3O2S. The summed E-state index contributed by atoms with van der Waals surface area (Å²) < 4.78 is 7.33. The van der Waals surface area contributed by atoms with E-state index in [4.69, 9.17) is 4.74 Å². The van der Waals surface area contributed by atoms with Crippen molar-refractivity contribution in [2.24, 2.45) is 0 Å². The van der Waals surface area contributed by atoms with Crippen LogP contribution < -0.4 is 10.1 Å². The molecule has 0 fully saturated rings. The number of aromatic nitrogens is 2. The van der Waals surface area contributed by atoms with Crippen molar-refractivity contribution in [2.45, 2.75) is 25.5 Å². The number of imidazole rings is 1. The Bertz CT molecular complexity index is 902. The van der Waals surface area contributed by atoms with Gasteiger partial charge in [0.15, 0.2) is 5.16 Å². The molecule has 1 heterocycles. The van der Waals surface area contributed by atoms with Gasteiger partial charge in [-0.05, 0) is 50.2 Å². The minimum Gasteiger partial charge on any atom is -0.497 e. The van der Waals surface area contributed by atoms with E-state index >= 15 is 0 Å². The van der Waals surface area contributed by atoms with Gasteiger partial charge >= 0.3 is 0 Å². The largest absolute Gasteiger partial charge is 0.497 e. The lowest BCUT2D eigenvalue weighted by molar-refractivity contribution is -0.113. The molecule has 0 unspecified atom stereocenters. The van der Waals surface area contributed by atoms with Crippen molar-refractivity contribution in [2.75, 3.05) is 18.2 Å². The molecular weight excluding hydrogens is 358 g/mol. The summed E-state index contributed by atoms with van der Waals surface area (Å²) in [4.78, 5) is 16.7. The number of anilines is 1. The lowest BCUT2D eigenvalue weighted by Crippen LogP contribution is -2.14. The smallest absolute Gasteiger partial charge is 0.234 e. The number of amides is 1. The van der Waals surface area contributed by atoms with Gasteiger partial charge in [0, 0.05) is 17.8 Å². The van der Waals surface area contributed by atoms with Gasteiger partial charge in [0.1, 0.15) is 5.75 Å². The first-order valence-corrected chi connectivity index (χ1v) is 9.78.